The molecule has 1 N–H and O–H groups in total. The molecule has 0 aliphatic rings. The second-order valence-electron chi connectivity index (χ2n) is 4.77. The highest BCUT2D eigenvalue weighted by atomic mass is 35.5. The van der Waals surface area contributed by atoms with Gasteiger partial charge in [0.05, 0.1) is 30.5 Å². The summed E-state index contributed by atoms with van der Waals surface area (Å²) in [4.78, 5) is 12.1. The first-order chi connectivity index (χ1) is 10.6. The Hall–Kier alpha value is -2.47. The Bertz CT molecular complexity index is 754. The standard InChI is InChI=1S/C15H13ClFN5/c1-10(21-15-18-6-12(17)7-19-15)14-8-22(9-20-14)13-4-2-11(16)3-5-13/h2-10H,1H3,(H,18,19,21)/t10-/m0/s1. The molecule has 7 heteroatoms. The maximum atomic E-state index is 12.8. The molecule has 0 saturated carbocycles. The van der Waals surface area contributed by atoms with Gasteiger partial charge in [0.15, 0.2) is 5.82 Å². The van der Waals surface area contributed by atoms with Gasteiger partial charge in [-0.25, -0.2) is 19.3 Å². The minimum Gasteiger partial charge on any atom is -0.346 e. The minimum absolute atomic E-state index is 0.112. The summed E-state index contributed by atoms with van der Waals surface area (Å²) in [6, 6.07) is 7.36. The fraction of sp³-hybridized carbons (Fsp3) is 0.133. The molecule has 3 aromatic rings. The van der Waals surface area contributed by atoms with Crippen molar-refractivity contribution in [2.24, 2.45) is 0 Å². The van der Waals surface area contributed by atoms with E-state index in [0.29, 0.717) is 11.0 Å². The van der Waals surface area contributed by atoms with E-state index in [1.54, 1.807) is 6.33 Å². The third-order valence-electron chi connectivity index (χ3n) is 3.14. The molecular formula is C15H13ClFN5. The first-order valence-electron chi connectivity index (χ1n) is 6.66. The summed E-state index contributed by atoms with van der Waals surface area (Å²) in [6.07, 6.45) is 5.87. The summed E-state index contributed by atoms with van der Waals surface area (Å²) in [6.45, 7) is 1.93. The van der Waals surface area contributed by atoms with Crippen LogP contribution in [-0.2, 0) is 0 Å². The van der Waals surface area contributed by atoms with E-state index >= 15 is 0 Å². The predicted molar refractivity (Wildman–Crippen MR) is 82.6 cm³/mol. The van der Waals surface area contributed by atoms with Crippen molar-refractivity contribution in [3.63, 3.8) is 0 Å². The van der Waals surface area contributed by atoms with E-state index in [1.165, 1.54) is 0 Å². The van der Waals surface area contributed by atoms with Gasteiger partial charge in [0.2, 0.25) is 5.95 Å². The summed E-state index contributed by atoms with van der Waals surface area (Å²) in [7, 11) is 0. The Morgan fingerprint density at radius 2 is 1.82 bits per heavy atom. The van der Waals surface area contributed by atoms with E-state index in [2.05, 4.69) is 20.3 Å². The Morgan fingerprint density at radius 3 is 2.50 bits per heavy atom. The molecule has 0 unspecified atom stereocenters. The number of rotatable bonds is 4. The third kappa shape index (κ3) is 3.23. The largest absolute Gasteiger partial charge is 0.346 e. The van der Waals surface area contributed by atoms with Gasteiger partial charge in [0.1, 0.15) is 0 Å². The molecule has 0 fully saturated rings. The fourth-order valence-corrected chi connectivity index (χ4v) is 2.10. The first kappa shape index (κ1) is 14.5. The van der Waals surface area contributed by atoms with Crippen LogP contribution >= 0.6 is 11.6 Å². The van der Waals surface area contributed by atoms with Gasteiger partial charge in [-0.3, -0.25) is 0 Å². The second-order valence-corrected chi connectivity index (χ2v) is 5.21. The molecule has 1 aromatic carbocycles. The lowest BCUT2D eigenvalue weighted by molar-refractivity contribution is 0.613. The van der Waals surface area contributed by atoms with Crippen LogP contribution in [0.1, 0.15) is 18.7 Å². The smallest absolute Gasteiger partial charge is 0.223 e. The summed E-state index contributed by atoms with van der Waals surface area (Å²) in [5, 5.41) is 3.76. The molecule has 0 aliphatic heterocycles. The average molecular weight is 318 g/mol. The highest BCUT2D eigenvalue weighted by Crippen LogP contribution is 2.18. The summed E-state index contributed by atoms with van der Waals surface area (Å²) < 4.78 is 14.7. The van der Waals surface area contributed by atoms with Crippen molar-refractivity contribution in [2.75, 3.05) is 5.32 Å². The van der Waals surface area contributed by atoms with Crippen molar-refractivity contribution in [3.05, 3.63) is 65.7 Å². The summed E-state index contributed by atoms with van der Waals surface area (Å²) in [5.41, 5.74) is 1.79. The zero-order chi connectivity index (χ0) is 15.5. The fourth-order valence-electron chi connectivity index (χ4n) is 1.97. The number of hydrogen-bond donors (Lipinski definition) is 1. The molecule has 2 heterocycles. The molecule has 0 bridgehead atoms. The molecule has 112 valence electrons. The minimum atomic E-state index is -0.467. The van der Waals surface area contributed by atoms with Crippen LogP contribution in [-0.4, -0.2) is 19.5 Å². The average Bonchev–Trinajstić information content (AvgIpc) is 3.00. The summed E-state index contributed by atoms with van der Waals surface area (Å²) >= 11 is 5.88. The lowest BCUT2D eigenvalue weighted by atomic mass is 10.2. The van der Waals surface area contributed by atoms with Crippen LogP contribution in [0.25, 0.3) is 5.69 Å². The van der Waals surface area contributed by atoms with Gasteiger partial charge >= 0.3 is 0 Å². The Kier molecular flexibility index (Phi) is 4.02. The van der Waals surface area contributed by atoms with Crippen molar-refractivity contribution in [1.82, 2.24) is 19.5 Å². The van der Waals surface area contributed by atoms with Crippen molar-refractivity contribution < 1.29 is 4.39 Å². The van der Waals surface area contributed by atoms with Gasteiger partial charge in [0, 0.05) is 16.9 Å². The van der Waals surface area contributed by atoms with Crippen LogP contribution in [0.2, 0.25) is 5.02 Å². The molecule has 5 nitrogen and oxygen atoms in total. The maximum Gasteiger partial charge on any atom is 0.223 e. The number of benzene rings is 1. The highest BCUT2D eigenvalue weighted by molar-refractivity contribution is 6.30. The lowest BCUT2D eigenvalue weighted by Crippen LogP contribution is -2.09. The number of nitrogens with one attached hydrogen (secondary N) is 1. The Morgan fingerprint density at radius 1 is 1.14 bits per heavy atom. The molecule has 0 spiro atoms. The van der Waals surface area contributed by atoms with Crippen LogP contribution < -0.4 is 5.32 Å². The zero-order valence-corrected chi connectivity index (χ0v) is 12.5. The van der Waals surface area contributed by atoms with Crippen LogP contribution in [0.3, 0.4) is 0 Å². The number of halogens is 2. The number of nitrogens with zero attached hydrogens (tertiary/aromatic N) is 4. The Balaban J connectivity index is 1.75. The molecule has 0 aliphatic carbocycles. The monoisotopic (exact) mass is 317 g/mol. The van der Waals surface area contributed by atoms with Crippen molar-refractivity contribution >= 4 is 17.5 Å². The predicted octanol–water partition coefficient (Wildman–Crippen LogP) is 3.63. The van der Waals surface area contributed by atoms with Gasteiger partial charge in [-0.15, -0.1) is 0 Å². The molecule has 0 amide bonds. The molecule has 2 aromatic heterocycles. The first-order valence-corrected chi connectivity index (χ1v) is 7.03. The summed E-state index contributed by atoms with van der Waals surface area (Å²) in [5.74, 6) is -0.111. The van der Waals surface area contributed by atoms with Gasteiger partial charge in [0.25, 0.3) is 0 Å². The van der Waals surface area contributed by atoms with E-state index in [4.69, 9.17) is 11.6 Å². The van der Waals surface area contributed by atoms with Gasteiger partial charge in [-0.2, -0.15) is 0 Å². The third-order valence-corrected chi connectivity index (χ3v) is 3.39. The number of anilines is 1. The SMILES string of the molecule is C[C@H](Nc1ncc(F)cn1)c1cn(-c2ccc(Cl)cc2)cn1. The van der Waals surface area contributed by atoms with E-state index in [-0.39, 0.29) is 6.04 Å². The molecule has 0 saturated heterocycles. The zero-order valence-electron chi connectivity index (χ0n) is 11.7. The van der Waals surface area contributed by atoms with Crippen molar-refractivity contribution in [1.29, 1.82) is 0 Å². The van der Waals surface area contributed by atoms with Crippen molar-refractivity contribution in [3.8, 4) is 5.69 Å². The van der Waals surface area contributed by atoms with E-state index < -0.39 is 5.82 Å². The second kappa shape index (κ2) is 6.11. The van der Waals surface area contributed by atoms with Gasteiger partial charge in [-0.1, -0.05) is 11.6 Å². The quantitative estimate of drug-likeness (QED) is 0.798. The van der Waals surface area contributed by atoms with Gasteiger partial charge in [-0.05, 0) is 31.2 Å². The Labute approximate surface area is 131 Å². The highest BCUT2D eigenvalue weighted by Gasteiger charge is 2.11. The molecule has 3 rings (SSSR count). The number of aromatic nitrogens is 4. The van der Waals surface area contributed by atoms with Crippen LogP contribution in [0.15, 0.2) is 49.2 Å². The lowest BCUT2D eigenvalue weighted by Gasteiger charge is -2.10. The van der Waals surface area contributed by atoms with Crippen LogP contribution in [0.5, 0.6) is 0 Å². The van der Waals surface area contributed by atoms with Crippen molar-refractivity contribution in [2.45, 2.75) is 13.0 Å². The van der Waals surface area contributed by atoms with E-state index in [9.17, 15) is 4.39 Å². The number of imidazole rings is 1. The molecule has 22 heavy (non-hydrogen) atoms. The van der Waals surface area contributed by atoms with E-state index in [1.807, 2.05) is 42.0 Å². The van der Waals surface area contributed by atoms with Gasteiger partial charge < -0.3 is 9.88 Å². The van der Waals surface area contributed by atoms with E-state index in [0.717, 1.165) is 23.8 Å². The van der Waals surface area contributed by atoms with Crippen LogP contribution in [0.4, 0.5) is 10.3 Å². The van der Waals surface area contributed by atoms with Crippen LogP contribution in [0, 0.1) is 5.82 Å². The topological polar surface area (TPSA) is 55.6 Å². The molecule has 1 atom stereocenters. The molecule has 0 radical (unpaired) electrons. The maximum absolute atomic E-state index is 12.8. The number of hydrogen-bond acceptors (Lipinski definition) is 4. The normalized spacial score (nSPS) is 12.1. The molecular weight excluding hydrogens is 305 g/mol.